The first-order chi connectivity index (χ1) is 13.2. The first-order valence-electron chi connectivity index (χ1n) is 8.41. The van der Waals surface area contributed by atoms with E-state index in [9.17, 15) is 9.59 Å². The summed E-state index contributed by atoms with van der Waals surface area (Å²) < 4.78 is 5.26. The lowest BCUT2D eigenvalue weighted by Crippen LogP contribution is -2.28. The summed E-state index contributed by atoms with van der Waals surface area (Å²) in [4.78, 5) is 41.1. The van der Waals surface area contributed by atoms with Crippen molar-refractivity contribution in [2.45, 2.75) is 12.8 Å². The Kier molecular flexibility index (Phi) is 9.44. The summed E-state index contributed by atoms with van der Waals surface area (Å²) in [6.07, 6.45) is 6.93. The summed E-state index contributed by atoms with van der Waals surface area (Å²) in [7, 11) is 0. The number of carbonyl (C=O) groups is 2. The Morgan fingerprint density at radius 3 is 1.67 bits per heavy atom. The number of hydrogen-bond donors (Lipinski definition) is 2. The molecule has 0 atom stereocenters. The molecule has 144 valence electrons. The van der Waals surface area contributed by atoms with Gasteiger partial charge in [0.1, 0.15) is 0 Å². The standard InChI is InChI=1S/C18H22N4O5/c23-17(11-15-3-1-5-19-13-15)21-26-9-7-25-8-10-27-22-18(24)12-16-4-2-6-20-14-16/h1-6,13-14H,7-12H2,(H,21,23)(H,22,24). The van der Waals surface area contributed by atoms with E-state index in [2.05, 4.69) is 20.9 Å². The molecule has 2 heterocycles. The topological polar surface area (TPSA) is 112 Å². The Morgan fingerprint density at radius 2 is 1.26 bits per heavy atom. The van der Waals surface area contributed by atoms with Crippen molar-refractivity contribution in [2.24, 2.45) is 0 Å². The maximum Gasteiger partial charge on any atom is 0.248 e. The van der Waals surface area contributed by atoms with Crippen LogP contribution < -0.4 is 11.0 Å². The Balaban J connectivity index is 1.40. The van der Waals surface area contributed by atoms with Gasteiger partial charge in [0.25, 0.3) is 0 Å². The van der Waals surface area contributed by atoms with Crippen molar-refractivity contribution in [1.29, 1.82) is 0 Å². The molecule has 0 spiro atoms. The van der Waals surface area contributed by atoms with Crippen molar-refractivity contribution in [3.05, 3.63) is 60.2 Å². The fourth-order valence-electron chi connectivity index (χ4n) is 2.01. The highest BCUT2D eigenvalue weighted by Crippen LogP contribution is 1.97. The Labute approximate surface area is 157 Å². The van der Waals surface area contributed by atoms with E-state index >= 15 is 0 Å². The summed E-state index contributed by atoms with van der Waals surface area (Å²) in [6, 6.07) is 7.15. The molecule has 0 fully saturated rings. The number of rotatable bonds is 12. The zero-order valence-corrected chi connectivity index (χ0v) is 14.8. The highest BCUT2D eigenvalue weighted by Gasteiger charge is 2.04. The summed E-state index contributed by atoms with van der Waals surface area (Å²) in [6.45, 7) is 0.957. The van der Waals surface area contributed by atoms with Crippen LogP contribution in [0.2, 0.25) is 0 Å². The highest BCUT2D eigenvalue weighted by atomic mass is 16.7. The lowest BCUT2D eigenvalue weighted by Gasteiger charge is -2.08. The van der Waals surface area contributed by atoms with Gasteiger partial charge in [0.15, 0.2) is 0 Å². The Bertz CT molecular complexity index is 625. The van der Waals surface area contributed by atoms with Crippen LogP contribution in [0.15, 0.2) is 49.1 Å². The van der Waals surface area contributed by atoms with Crippen LogP contribution in [0, 0.1) is 0 Å². The molecule has 27 heavy (non-hydrogen) atoms. The molecule has 0 radical (unpaired) electrons. The summed E-state index contributed by atoms with van der Waals surface area (Å²) >= 11 is 0. The molecule has 0 unspecified atom stereocenters. The molecule has 0 aliphatic carbocycles. The molecule has 0 aliphatic rings. The molecule has 2 amide bonds. The zero-order valence-electron chi connectivity index (χ0n) is 14.8. The number of amides is 2. The predicted octanol–water partition coefficient (Wildman–Crippen LogP) is 0.374. The SMILES string of the molecule is O=C(Cc1cccnc1)NOCCOCCONC(=O)Cc1cccnc1. The molecule has 2 N–H and O–H groups in total. The number of hydrogen-bond acceptors (Lipinski definition) is 7. The number of aromatic nitrogens is 2. The van der Waals surface area contributed by atoms with Gasteiger partial charge >= 0.3 is 0 Å². The summed E-state index contributed by atoms with van der Waals surface area (Å²) in [5.74, 6) is -0.523. The first-order valence-corrected chi connectivity index (χ1v) is 8.41. The van der Waals surface area contributed by atoms with E-state index in [4.69, 9.17) is 14.4 Å². The van der Waals surface area contributed by atoms with Crippen molar-refractivity contribution in [1.82, 2.24) is 20.9 Å². The highest BCUT2D eigenvalue weighted by molar-refractivity contribution is 5.77. The number of nitrogens with zero attached hydrogens (tertiary/aromatic N) is 2. The third kappa shape index (κ3) is 9.40. The predicted molar refractivity (Wildman–Crippen MR) is 94.9 cm³/mol. The molecular weight excluding hydrogens is 352 g/mol. The fourth-order valence-corrected chi connectivity index (χ4v) is 2.01. The number of carbonyl (C=O) groups excluding carboxylic acids is 2. The number of hydroxylamine groups is 2. The largest absolute Gasteiger partial charge is 0.376 e. The van der Waals surface area contributed by atoms with Gasteiger partial charge in [-0.25, -0.2) is 11.0 Å². The molecule has 9 nitrogen and oxygen atoms in total. The molecule has 0 bridgehead atoms. The van der Waals surface area contributed by atoms with Crippen molar-refractivity contribution >= 4 is 11.8 Å². The van der Waals surface area contributed by atoms with Gasteiger partial charge in [0.2, 0.25) is 11.8 Å². The van der Waals surface area contributed by atoms with Crippen LogP contribution in [0.4, 0.5) is 0 Å². The van der Waals surface area contributed by atoms with Crippen LogP contribution in [-0.2, 0) is 36.8 Å². The van der Waals surface area contributed by atoms with Crippen molar-refractivity contribution < 1.29 is 24.0 Å². The minimum Gasteiger partial charge on any atom is -0.376 e. The van der Waals surface area contributed by atoms with Gasteiger partial charge in [-0.2, -0.15) is 0 Å². The summed E-state index contributed by atoms with van der Waals surface area (Å²) in [5, 5.41) is 0. The molecule has 2 aromatic rings. The maximum atomic E-state index is 11.6. The van der Waals surface area contributed by atoms with Gasteiger partial charge in [-0.15, -0.1) is 0 Å². The van der Waals surface area contributed by atoms with Gasteiger partial charge < -0.3 is 4.74 Å². The zero-order chi connectivity index (χ0) is 19.2. The van der Waals surface area contributed by atoms with E-state index in [1.54, 1.807) is 36.9 Å². The van der Waals surface area contributed by atoms with Crippen LogP contribution in [0.25, 0.3) is 0 Å². The molecule has 2 aromatic heterocycles. The Morgan fingerprint density at radius 1 is 0.778 bits per heavy atom. The smallest absolute Gasteiger partial charge is 0.248 e. The average Bonchev–Trinajstić information content (AvgIpc) is 2.68. The van der Waals surface area contributed by atoms with E-state index in [-0.39, 0.29) is 51.1 Å². The third-order valence-corrected chi connectivity index (χ3v) is 3.21. The van der Waals surface area contributed by atoms with Crippen LogP contribution >= 0.6 is 0 Å². The minimum absolute atomic E-state index is 0.196. The molecule has 0 saturated carbocycles. The van der Waals surface area contributed by atoms with Gasteiger partial charge in [0, 0.05) is 24.8 Å². The van der Waals surface area contributed by atoms with E-state index < -0.39 is 0 Å². The van der Waals surface area contributed by atoms with Crippen molar-refractivity contribution in [3.63, 3.8) is 0 Å². The monoisotopic (exact) mass is 374 g/mol. The van der Waals surface area contributed by atoms with Crippen LogP contribution in [0.1, 0.15) is 11.1 Å². The molecule has 2 rings (SSSR count). The number of ether oxygens (including phenoxy) is 1. The molecule has 0 aliphatic heterocycles. The second kappa shape index (κ2) is 12.5. The summed E-state index contributed by atoms with van der Waals surface area (Å²) in [5.41, 5.74) is 6.27. The minimum atomic E-state index is -0.261. The number of pyridine rings is 2. The van der Waals surface area contributed by atoms with E-state index in [0.717, 1.165) is 11.1 Å². The fraction of sp³-hybridized carbons (Fsp3) is 0.333. The molecular formula is C18H22N4O5. The normalized spacial score (nSPS) is 10.4. The van der Waals surface area contributed by atoms with E-state index in [1.807, 2.05) is 12.1 Å². The Hall–Kier alpha value is -2.88. The number of nitrogens with one attached hydrogen (secondary N) is 2. The quantitative estimate of drug-likeness (QED) is 0.408. The van der Waals surface area contributed by atoms with Crippen LogP contribution in [-0.4, -0.2) is 48.2 Å². The molecule has 0 aromatic carbocycles. The van der Waals surface area contributed by atoms with Crippen LogP contribution in [0.3, 0.4) is 0 Å². The lowest BCUT2D eigenvalue weighted by atomic mass is 10.2. The van der Waals surface area contributed by atoms with Crippen molar-refractivity contribution in [2.75, 3.05) is 26.4 Å². The molecule has 0 saturated heterocycles. The van der Waals surface area contributed by atoms with Gasteiger partial charge in [0.05, 0.1) is 39.3 Å². The third-order valence-electron chi connectivity index (χ3n) is 3.21. The van der Waals surface area contributed by atoms with Gasteiger partial charge in [-0.3, -0.25) is 29.2 Å². The van der Waals surface area contributed by atoms with Crippen LogP contribution in [0.5, 0.6) is 0 Å². The second-order valence-corrected chi connectivity index (χ2v) is 5.44. The molecule has 9 heteroatoms. The maximum absolute atomic E-state index is 11.6. The van der Waals surface area contributed by atoms with Gasteiger partial charge in [-0.05, 0) is 23.3 Å². The average molecular weight is 374 g/mol. The van der Waals surface area contributed by atoms with Crippen molar-refractivity contribution in [3.8, 4) is 0 Å². The van der Waals surface area contributed by atoms with E-state index in [0.29, 0.717) is 0 Å². The second-order valence-electron chi connectivity index (χ2n) is 5.44. The first kappa shape index (κ1) is 20.4. The van der Waals surface area contributed by atoms with Gasteiger partial charge in [-0.1, -0.05) is 12.1 Å². The lowest BCUT2D eigenvalue weighted by molar-refractivity contribution is -0.135. The van der Waals surface area contributed by atoms with E-state index in [1.165, 1.54) is 0 Å².